The molecule has 12 heterocycles. The summed E-state index contributed by atoms with van der Waals surface area (Å²) in [6.45, 7) is 13.5. The predicted octanol–water partition coefficient (Wildman–Crippen LogP) is 18.0. The minimum absolute atomic E-state index is 0.00273. The summed E-state index contributed by atoms with van der Waals surface area (Å²) in [4.78, 5) is 119. The Kier molecular flexibility index (Phi) is 32.9. The number of likely N-dealkylation sites (tertiary alicyclic amines) is 4. The first-order chi connectivity index (χ1) is 70.2. The first-order valence-corrected chi connectivity index (χ1v) is 46.6. The Balaban J connectivity index is 0.000000156. The van der Waals surface area contributed by atoms with E-state index in [1.807, 2.05) is 30.3 Å². The maximum absolute atomic E-state index is 13.8. The van der Waals surface area contributed by atoms with Crippen LogP contribution in [0, 0.1) is 0 Å². The van der Waals surface area contributed by atoms with Crippen molar-refractivity contribution in [3.63, 3.8) is 0 Å². The van der Waals surface area contributed by atoms with Crippen molar-refractivity contribution in [2.45, 2.75) is 172 Å². The van der Waals surface area contributed by atoms with E-state index in [1.165, 1.54) is 101 Å². The van der Waals surface area contributed by atoms with E-state index in [0.29, 0.717) is 41.6 Å². The van der Waals surface area contributed by atoms with E-state index in [0.717, 1.165) is 55.5 Å². The molecule has 5 aromatic carbocycles. The first-order valence-electron chi connectivity index (χ1n) is 46.6. The number of hydrogen-bond donors (Lipinski definition) is 4. The molecule has 788 valence electrons. The number of nitrogens with zero attached hydrogens (tertiary/aromatic N) is 12. The van der Waals surface area contributed by atoms with Crippen LogP contribution in [0.25, 0.3) is 89.4 Å². The lowest BCUT2D eigenvalue weighted by molar-refractivity contribution is -0.154. The summed E-state index contributed by atoms with van der Waals surface area (Å²) in [6.07, 6.45) is -15.6. The smallest absolute Gasteiger partial charge is 0.433 e. The molecule has 0 aliphatic carbocycles. The SMILES string of the molecule is CCOC(=O)C1(C)C[C@@H](OC)CN1C(=O)c1nc(-c2ccc(OC)c3nc(C(F)(F)F)ccc23)oc1[C@H](C)N.CCOC(=O)C1C[C@@H](OC)CN1C(=O)c1nc(-c2ccc(OC)c3nc(C(F)(F)F)ccc23)oc1[C@H](C)N.COC[C@@H]1CCCN1C(=O)c1nc(-c2ccc(OC)c3nc(C(F)(F)F)ccc23)oc1[C@H](C)N.COc1ccc(-c2nc(C(=O)N3CCC[C@@H]3c3ccccc3)c([C@H](C)N)o2)c2ccc(C(F)(F)F)nc12. The minimum Gasteiger partial charge on any atom is -0.494 e. The number of carbonyl (C=O) groups is 6. The number of ether oxygens (including phenoxy) is 9. The van der Waals surface area contributed by atoms with Gasteiger partial charge in [-0.25, -0.2) is 49.5 Å². The summed E-state index contributed by atoms with van der Waals surface area (Å²) < 4.78 is 231. The molecule has 13 aromatic rings. The van der Waals surface area contributed by atoms with Crippen LogP contribution in [0.1, 0.15) is 211 Å². The van der Waals surface area contributed by atoms with Crippen LogP contribution < -0.4 is 41.9 Å². The van der Waals surface area contributed by atoms with Crippen molar-refractivity contribution in [1.29, 1.82) is 0 Å². The Morgan fingerprint density at radius 3 is 1.08 bits per heavy atom. The normalized spacial score (nSPS) is 18.3. The van der Waals surface area contributed by atoms with Gasteiger partial charge in [0.1, 0.15) is 79.4 Å². The van der Waals surface area contributed by atoms with E-state index >= 15 is 0 Å². The van der Waals surface area contributed by atoms with Gasteiger partial charge in [0.15, 0.2) is 45.8 Å². The van der Waals surface area contributed by atoms with Gasteiger partial charge in [-0.15, -0.1) is 0 Å². The number of methoxy groups -OCH3 is 7. The minimum atomic E-state index is -4.67. The molecule has 0 spiro atoms. The molecule has 4 aliphatic rings. The van der Waals surface area contributed by atoms with Gasteiger partial charge in [0.25, 0.3) is 23.6 Å². The zero-order chi connectivity index (χ0) is 107. The molecule has 8 aromatic heterocycles. The number of esters is 2. The molecule has 10 atom stereocenters. The fourth-order valence-electron chi connectivity index (χ4n) is 18.1. The third kappa shape index (κ3) is 22.5. The number of aromatic nitrogens is 8. The molecule has 4 amide bonds. The number of amides is 4. The fourth-order valence-corrected chi connectivity index (χ4v) is 18.1. The molecule has 148 heavy (non-hydrogen) atoms. The van der Waals surface area contributed by atoms with Crippen LogP contribution in [-0.4, -0.2) is 221 Å². The van der Waals surface area contributed by atoms with E-state index in [1.54, 1.807) is 89.6 Å². The number of pyridine rings is 4. The quantitative estimate of drug-likeness (QED) is 0.0305. The third-order valence-electron chi connectivity index (χ3n) is 25.3. The van der Waals surface area contributed by atoms with Gasteiger partial charge in [0.2, 0.25) is 23.6 Å². The molecule has 0 radical (unpaired) electrons. The first kappa shape index (κ1) is 109. The van der Waals surface area contributed by atoms with Crippen molar-refractivity contribution < 1.29 is 142 Å². The van der Waals surface area contributed by atoms with Crippen LogP contribution in [0.15, 0.2) is 145 Å². The number of fused-ring (bicyclic) bond motifs is 4. The average molecular weight is 2080 g/mol. The Hall–Kier alpha value is -14.5. The summed E-state index contributed by atoms with van der Waals surface area (Å²) in [7, 11) is 9.88. The molecule has 0 bridgehead atoms. The van der Waals surface area contributed by atoms with Crippen LogP contribution in [0.5, 0.6) is 23.0 Å². The highest BCUT2D eigenvalue weighted by Crippen LogP contribution is 2.47. The van der Waals surface area contributed by atoms with E-state index < -0.39 is 119 Å². The maximum Gasteiger partial charge on any atom is 0.433 e. The molecule has 4 aliphatic heterocycles. The highest BCUT2D eigenvalue weighted by molar-refractivity contribution is 6.04. The molecule has 17 rings (SSSR count). The molecule has 4 fully saturated rings. The van der Waals surface area contributed by atoms with Gasteiger partial charge in [-0.2, -0.15) is 52.7 Å². The van der Waals surface area contributed by atoms with E-state index in [9.17, 15) is 81.5 Å². The standard InChI is InChI=1S/C27H25F3N4O3.C26H29F3N4O6.C25H27F3N4O6.C23H25F3N4O4/c1-15(31)24-23(26(35)34-14-6-9-19(34)16-7-4-3-5-8-16)33-25(37-24)18-10-12-20(36-2)22-17(18)11-13-21(32-22)27(28,29)30;1-6-38-24(35)25(3)11-14(36-4)12-33(25)23(34)20-21(13(2)30)39-22(32-20)16-7-9-17(37-5)19-15(16)8-10-18(31-19)26(27,28)29;1-5-37-24(34)16-10-13(35-3)11-32(16)23(33)20-21(12(2)29)38-22(31-20)15-6-8-17(36-4)19-14(15)7-9-18(30-19)25(26,27)28;1-12(27)20-19(22(31)30-10-4-5-13(30)11-32-2)29-21(34-20)15-6-8-16(33-3)18-14(15)7-9-17(28-18)23(24,25)26/h3-5,7-8,10-13,15,19H,6,9,14,31H2,1-2H3;7-10,13-14H,6,11-12,30H2,1-5H3;6-9,12-13,16H,5,10-11,29H2,1-4H3;6-9,12-13H,4-5,10-11,27H2,1-3H3/t15-,19+;13-,14+,25?;12-,13+,16?;12-,13-/m0000/s1. The van der Waals surface area contributed by atoms with Gasteiger partial charge in [-0.1, -0.05) is 30.3 Å². The van der Waals surface area contributed by atoms with Crippen molar-refractivity contribution in [2.75, 3.05) is 95.8 Å². The lowest BCUT2D eigenvalue weighted by atomic mass is 9.97. The molecular weight excluding hydrogens is 1970 g/mol. The lowest BCUT2D eigenvalue weighted by Gasteiger charge is -2.32. The van der Waals surface area contributed by atoms with E-state index in [4.69, 9.17) is 83.2 Å². The number of benzene rings is 5. The monoisotopic (exact) mass is 2070 g/mol. The summed E-state index contributed by atoms with van der Waals surface area (Å²) in [6, 6.07) is 26.5. The van der Waals surface area contributed by atoms with Gasteiger partial charge < -0.3 is 103 Å². The number of alkyl halides is 12. The summed E-state index contributed by atoms with van der Waals surface area (Å²) in [5.74, 6) is -1.91. The van der Waals surface area contributed by atoms with Gasteiger partial charge in [-0.3, -0.25) is 19.2 Å². The number of halogens is 12. The summed E-state index contributed by atoms with van der Waals surface area (Å²) in [5, 5.41) is 1.20. The molecular formula is C101H106F12N16O19. The Bertz CT molecular complexity index is 7070. The van der Waals surface area contributed by atoms with Crippen LogP contribution in [-0.2, 0) is 58.0 Å². The second-order valence-corrected chi connectivity index (χ2v) is 35.3. The molecule has 47 heteroatoms. The van der Waals surface area contributed by atoms with Gasteiger partial charge in [0.05, 0.1) is 96.7 Å². The second kappa shape index (κ2) is 44.6. The number of rotatable bonds is 25. The Morgan fingerprint density at radius 1 is 0.412 bits per heavy atom. The molecule has 0 saturated carbocycles. The molecule has 4 saturated heterocycles. The molecule has 8 N–H and O–H groups in total. The maximum atomic E-state index is 13.8. The highest BCUT2D eigenvalue weighted by Gasteiger charge is 2.53. The average Bonchev–Trinajstić information content (AvgIpc) is 1.59. The van der Waals surface area contributed by atoms with Crippen molar-refractivity contribution in [3.8, 4) is 68.8 Å². The van der Waals surface area contributed by atoms with Crippen LogP contribution in [0.4, 0.5) is 52.7 Å². The Labute approximate surface area is 837 Å². The van der Waals surface area contributed by atoms with E-state index in [2.05, 4.69) is 39.9 Å². The molecule has 35 nitrogen and oxygen atoms in total. The van der Waals surface area contributed by atoms with E-state index in [-0.39, 0.29) is 199 Å². The topological polar surface area (TPSA) is 458 Å². The Morgan fingerprint density at radius 2 is 0.750 bits per heavy atom. The second-order valence-electron chi connectivity index (χ2n) is 35.3. The summed E-state index contributed by atoms with van der Waals surface area (Å²) >= 11 is 0. The van der Waals surface area contributed by atoms with Crippen LogP contribution in [0.3, 0.4) is 0 Å². The summed E-state index contributed by atoms with van der Waals surface area (Å²) in [5.41, 5.74) is 21.0. The largest absolute Gasteiger partial charge is 0.494 e. The van der Waals surface area contributed by atoms with Gasteiger partial charge in [-0.05, 0) is 177 Å². The van der Waals surface area contributed by atoms with Crippen molar-refractivity contribution in [3.05, 3.63) is 202 Å². The predicted molar refractivity (Wildman–Crippen MR) is 509 cm³/mol. The van der Waals surface area contributed by atoms with Gasteiger partial charge in [0, 0.05) is 104 Å². The zero-order valence-electron chi connectivity index (χ0n) is 82.5. The van der Waals surface area contributed by atoms with Crippen molar-refractivity contribution in [2.24, 2.45) is 22.9 Å². The number of nitrogens with two attached hydrogens (primary N) is 4. The van der Waals surface area contributed by atoms with Crippen LogP contribution >= 0.6 is 0 Å². The van der Waals surface area contributed by atoms with Crippen LogP contribution in [0.2, 0.25) is 0 Å². The molecule has 2 unspecified atom stereocenters. The third-order valence-corrected chi connectivity index (χ3v) is 25.3. The fraction of sp³-hybridized carbons (Fsp3) is 0.406. The zero-order valence-corrected chi connectivity index (χ0v) is 82.5. The van der Waals surface area contributed by atoms with Gasteiger partial charge >= 0.3 is 36.6 Å². The van der Waals surface area contributed by atoms with Crippen molar-refractivity contribution in [1.82, 2.24) is 59.5 Å². The lowest BCUT2D eigenvalue weighted by Crippen LogP contribution is -2.52. The number of oxazole rings is 4. The highest BCUT2D eigenvalue weighted by atomic mass is 19.4. The van der Waals surface area contributed by atoms with Crippen molar-refractivity contribution >= 4 is 79.2 Å². The number of hydrogen-bond acceptors (Lipinski definition) is 31. The number of carbonyl (C=O) groups excluding carboxylic acids is 6.